The van der Waals surface area contributed by atoms with Crippen LogP contribution in [0.5, 0.6) is 0 Å². The number of unbranched alkanes of at least 4 members (excludes halogenated alkanes) is 15. The Balaban J connectivity index is 4.52. The van der Waals surface area contributed by atoms with Crippen LogP contribution in [0.15, 0.2) is 122 Å². The number of rotatable bonds is 46. The smallest absolute Gasteiger partial charge is 0.306 e. The second-order valence-electron chi connectivity index (χ2n) is 17.0. The molecule has 0 bridgehead atoms. The molecular formula is C60H96O6. The van der Waals surface area contributed by atoms with Gasteiger partial charge in [-0.3, -0.25) is 14.4 Å². The average molecular weight is 913 g/mol. The molecule has 0 radical (unpaired) electrons. The fourth-order valence-electron chi connectivity index (χ4n) is 6.75. The maximum Gasteiger partial charge on any atom is 0.306 e. The van der Waals surface area contributed by atoms with Crippen molar-refractivity contribution in [1.29, 1.82) is 0 Å². The van der Waals surface area contributed by atoms with Crippen LogP contribution in [0, 0.1) is 0 Å². The standard InChI is InChI=1S/C60H96O6/c1-4-7-10-13-16-19-22-25-27-29-30-31-33-35-38-41-44-47-50-53-59(62)65-56-57(55-64-58(61)52-49-46-43-40-37-34-24-21-18-15-12-9-6-3)66-60(63)54-51-48-45-42-39-36-32-28-26-23-20-17-14-11-8-5-2/h7,9-10,12,16,18-21,23,25,27-28,30-32,34-35,37-38,57H,4-6,8,11,13-15,17,22,24,26,29,33,36,39-56H2,1-3H3/b10-7-,12-9-,19-16-,21-18-,23-20-,27-25-,31-30-,32-28-,37-34-,38-35-. The monoisotopic (exact) mass is 913 g/mol. The second kappa shape index (κ2) is 53.4. The fourth-order valence-corrected chi connectivity index (χ4v) is 6.75. The molecule has 0 aromatic heterocycles. The summed E-state index contributed by atoms with van der Waals surface area (Å²) in [5, 5.41) is 0. The lowest BCUT2D eigenvalue weighted by Crippen LogP contribution is -2.30. The Hall–Kier alpha value is -4.19. The van der Waals surface area contributed by atoms with E-state index in [0.717, 1.165) is 148 Å². The van der Waals surface area contributed by atoms with Crippen molar-refractivity contribution in [2.75, 3.05) is 13.2 Å². The highest BCUT2D eigenvalue weighted by Crippen LogP contribution is 2.12. The molecular weight excluding hydrogens is 817 g/mol. The van der Waals surface area contributed by atoms with E-state index in [-0.39, 0.29) is 31.1 Å². The molecule has 0 aliphatic heterocycles. The van der Waals surface area contributed by atoms with Gasteiger partial charge in [-0.05, 0) is 128 Å². The number of esters is 3. The van der Waals surface area contributed by atoms with Crippen LogP contribution in [-0.2, 0) is 28.6 Å². The molecule has 0 saturated carbocycles. The third-order valence-electron chi connectivity index (χ3n) is 10.7. The predicted octanol–water partition coefficient (Wildman–Crippen LogP) is 17.7. The maximum atomic E-state index is 12.8. The SMILES string of the molecule is CC/C=C\C/C=C\C/C=C\C/C=C\C/C=C\CCCCCC(=O)OCC(COC(=O)CCCCC/C=C\C/C=C\C/C=C\CC)OC(=O)CCCCCCC/C=C\C/C=C\CCCCCC. The summed E-state index contributed by atoms with van der Waals surface area (Å²) in [7, 11) is 0. The van der Waals surface area contributed by atoms with E-state index in [2.05, 4.69) is 142 Å². The van der Waals surface area contributed by atoms with Crippen molar-refractivity contribution in [2.45, 2.75) is 226 Å². The zero-order valence-electron chi connectivity index (χ0n) is 42.4. The summed E-state index contributed by atoms with van der Waals surface area (Å²) in [5.74, 6) is -0.993. The van der Waals surface area contributed by atoms with Gasteiger partial charge in [0.15, 0.2) is 6.10 Å². The van der Waals surface area contributed by atoms with E-state index in [1.165, 1.54) is 32.1 Å². The molecule has 0 heterocycles. The van der Waals surface area contributed by atoms with E-state index in [4.69, 9.17) is 14.2 Å². The quantitative estimate of drug-likeness (QED) is 0.0262. The maximum absolute atomic E-state index is 12.8. The first kappa shape index (κ1) is 61.8. The highest BCUT2D eigenvalue weighted by Gasteiger charge is 2.19. The number of hydrogen-bond acceptors (Lipinski definition) is 6. The molecule has 0 aromatic rings. The van der Waals surface area contributed by atoms with Crippen LogP contribution in [0.3, 0.4) is 0 Å². The summed E-state index contributed by atoms with van der Waals surface area (Å²) >= 11 is 0. The Kier molecular flexibility index (Phi) is 50.0. The molecule has 0 aromatic carbocycles. The van der Waals surface area contributed by atoms with Crippen molar-refractivity contribution in [3.63, 3.8) is 0 Å². The van der Waals surface area contributed by atoms with E-state index in [1.807, 2.05) is 0 Å². The molecule has 0 N–H and O–H groups in total. The molecule has 6 nitrogen and oxygen atoms in total. The number of allylic oxidation sites excluding steroid dienone is 20. The van der Waals surface area contributed by atoms with Crippen molar-refractivity contribution in [3.05, 3.63) is 122 Å². The van der Waals surface area contributed by atoms with Gasteiger partial charge in [0.1, 0.15) is 13.2 Å². The van der Waals surface area contributed by atoms with Crippen LogP contribution in [-0.4, -0.2) is 37.2 Å². The van der Waals surface area contributed by atoms with Gasteiger partial charge in [0.2, 0.25) is 0 Å². The molecule has 0 aliphatic rings. The Labute approximate surface area is 405 Å². The molecule has 372 valence electrons. The predicted molar refractivity (Wildman–Crippen MR) is 283 cm³/mol. The highest BCUT2D eigenvalue weighted by atomic mass is 16.6. The van der Waals surface area contributed by atoms with E-state index < -0.39 is 6.10 Å². The van der Waals surface area contributed by atoms with Gasteiger partial charge in [-0.25, -0.2) is 0 Å². The Bertz CT molecular complexity index is 1420. The second-order valence-corrected chi connectivity index (χ2v) is 17.0. The molecule has 6 heteroatoms. The van der Waals surface area contributed by atoms with Gasteiger partial charge in [-0.15, -0.1) is 0 Å². The average Bonchev–Trinajstić information content (AvgIpc) is 3.31. The lowest BCUT2D eigenvalue weighted by atomic mass is 10.1. The lowest BCUT2D eigenvalue weighted by Gasteiger charge is -2.18. The summed E-state index contributed by atoms with van der Waals surface area (Å²) in [5.41, 5.74) is 0. The summed E-state index contributed by atoms with van der Waals surface area (Å²) in [6.45, 7) is 6.31. The molecule has 66 heavy (non-hydrogen) atoms. The number of ether oxygens (including phenoxy) is 3. The first-order valence-electron chi connectivity index (χ1n) is 26.5. The van der Waals surface area contributed by atoms with Gasteiger partial charge >= 0.3 is 17.9 Å². The van der Waals surface area contributed by atoms with Gasteiger partial charge in [-0.1, -0.05) is 194 Å². The van der Waals surface area contributed by atoms with Crippen LogP contribution in [0.4, 0.5) is 0 Å². The molecule has 0 amide bonds. The first-order chi connectivity index (χ1) is 32.5. The van der Waals surface area contributed by atoms with Gasteiger partial charge in [0.25, 0.3) is 0 Å². The molecule has 1 atom stereocenters. The first-order valence-corrected chi connectivity index (χ1v) is 26.5. The van der Waals surface area contributed by atoms with Gasteiger partial charge in [0.05, 0.1) is 0 Å². The fraction of sp³-hybridized carbons (Fsp3) is 0.617. The lowest BCUT2D eigenvalue weighted by molar-refractivity contribution is -0.167. The van der Waals surface area contributed by atoms with Crippen molar-refractivity contribution < 1.29 is 28.6 Å². The minimum Gasteiger partial charge on any atom is -0.462 e. The summed E-state index contributed by atoms with van der Waals surface area (Å²) in [4.78, 5) is 38.0. The van der Waals surface area contributed by atoms with Crippen molar-refractivity contribution >= 4 is 17.9 Å². The van der Waals surface area contributed by atoms with Crippen LogP contribution in [0.2, 0.25) is 0 Å². The Morgan fingerprint density at radius 3 is 0.939 bits per heavy atom. The van der Waals surface area contributed by atoms with E-state index in [9.17, 15) is 14.4 Å². The largest absolute Gasteiger partial charge is 0.462 e. The normalized spacial score (nSPS) is 13.1. The molecule has 0 rings (SSSR count). The van der Waals surface area contributed by atoms with Crippen molar-refractivity contribution in [2.24, 2.45) is 0 Å². The van der Waals surface area contributed by atoms with Crippen LogP contribution in [0.25, 0.3) is 0 Å². The molecule has 0 fully saturated rings. The van der Waals surface area contributed by atoms with Gasteiger partial charge in [0, 0.05) is 19.3 Å². The number of carbonyl (C=O) groups is 3. The number of hydrogen-bond donors (Lipinski definition) is 0. The minimum absolute atomic E-state index is 0.113. The highest BCUT2D eigenvalue weighted by molar-refractivity contribution is 5.71. The summed E-state index contributed by atoms with van der Waals surface area (Å²) in [6.07, 6.45) is 73.2. The van der Waals surface area contributed by atoms with Crippen molar-refractivity contribution in [1.82, 2.24) is 0 Å². The third kappa shape index (κ3) is 50.8. The zero-order valence-corrected chi connectivity index (χ0v) is 42.4. The Morgan fingerprint density at radius 2 is 0.591 bits per heavy atom. The van der Waals surface area contributed by atoms with E-state index in [0.29, 0.717) is 19.3 Å². The molecule has 1 unspecified atom stereocenters. The third-order valence-corrected chi connectivity index (χ3v) is 10.7. The topological polar surface area (TPSA) is 78.9 Å². The Morgan fingerprint density at radius 1 is 0.318 bits per heavy atom. The van der Waals surface area contributed by atoms with Gasteiger partial charge in [-0.2, -0.15) is 0 Å². The molecule has 0 aliphatic carbocycles. The molecule has 0 spiro atoms. The zero-order chi connectivity index (χ0) is 47.9. The number of carbonyl (C=O) groups excluding carboxylic acids is 3. The van der Waals surface area contributed by atoms with E-state index in [1.54, 1.807) is 0 Å². The van der Waals surface area contributed by atoms with E-state index >= 15 is 0 Å². The van der Waals surface area contributed by atoms with Crippen LogP contribution >= 0.6 is 0 Å². The van der Waals surface area contributed by atoms with Crippen molar-refractivity contribution in [3.8, 4) is 0 Å². The van der Waals surface area contributed by atoms with Crippen LogP contribution < -0.4 is 0 Å². The summed E-state index contributed by atoms with van der Waals surface area (Å²) in [6, 6.07) is 0. The molecule has 0 saturated heterocycles. The summed E-state index contributed by atoms with van der Waals surface area (Å²) < 4.78 is 16.8. The minimum atomic E-state index is -0.815. The van der Waals surface area contributed by atoms with Gasteiger partial charge < -0.3 is 14.2 Å². The van der Waals surface area contributed by atoms with Crippen LogP contribution in [0.1, 0.15) is 220 Å².